The van der Waals surface area contributed by atoms with Crippen LogP contribution in [-0.2, 0) is 4.79 Å². The summed E-state index contributed by atoms with van der Waals surface area (Å²) in [7, 11) is 0. The lowest BCUT2D eigenvalue weighted by Gasteiger charge is -2.47. The number of nitrogens with zero attached hydrogens (tertiary/aromatic N) is 2. The quantitative estimate of drug-likeness (QED) is 0.561. The topological polar surface area (TPSA) is 84.9 Å². The molecule has 3 atom stereocenters. The Morgan fingerprint density at radius 3 is 2.11 bits per heavy atom. The van der Waals surface area contributed by atoms with Gasteiger partial charge in [0.05, 0.1) is 0 Å². The van der Waals surface area contributed by atoms with Crippen molar-refractivity contribution >= 4 is 11.8 Å². The summed E-state index contributed by atoms with van der Waals surface area (Å²) in [6.07, 6.45) is 15.9. The second-order valence-corrected chi connectivity index (χ2v) is 12.8. The van der Waals surface area contributed by atoms with E-state index in [4.69, 9.17) is 0 Å². The number of benzene rings is 1. The van der Waals surface area contributed by atoms with Gasteiger partial charge in [-0.2, -0.15) is 0 Å². The van der Waals surface area contributed by atoms with Crippen molar-refractivity contribution in [3.63, 3.8) is 0 Å². The fraction of sp³-hybridized carbons (Fsp3) is 0.742. The molecule has 2 amide bonds. The number of fused-ring (bicyclic) bond motifs is 1. The van der Waals surface area contributed by atoms with Crippen molar-refractivity contribution in [3.8, 4) is 0 Å². The Morgan fingerprint density at radius 1 is 0.816 bits per heavy atom. The van der Waals surface area contributed by atoms with Gasteiger partial charge in [-0.15, -0.1) is 0 Å². The lowest BCUT2D eigenvalue weighted by atomic mass is 9.64. The zero-order valence-electron chi connectivity index (χ0n) is 22.9. The van der Waals surface area contributed by atoms with E-state index >= 15 is 0 Å². The summed E-state index contributed by atoms with van der Waals surface area (Å²) < 4.78 is 0. The van der Waals surface area contributed by atoms with Crippen LogP contribution in [0.1, 0.15) is 105 Å². The second-order valence-electron chi connectivity index (χ2n) is 12.8. The van der Waals surface area contributed by atoms with E-state index in [-0.39, 0.29) is 17.4 Å². The Labute approximate surface area is 227 Å². The number of aliphatic hydroxyl groups is 1. The maximum Gasteiger partial charge on any atom is 0.254 e. The van der Waals surface area contributed by atoms with Gasteiger partial charge in [-0.1, -0.05) is 50.7 Å². The minimum atomic E-state index is -1.13. The SMILES string of the molecule is O=C(c1ccc(C2CCC3(C4CCCCCCCC4)NCNC3C2)cc1)N1CCN(C(=O)C2(O)CC2)CC1. The van der Waals surface area contributed by atoms with Gasteiger partial charge in [0.15, 0.2) is 0 Å². The molecular weight excluding hydrogens is 476 g/mol. The minimum Gasteiger partial charge on any atom is -0.380 e. The van der Waals surface area contributed by atoms with Crippen molar-refractivity contribution in [1.29, 1.82) is 0 Å². The zero-order valence-corrected chi connectivity index (χ0v) is 22.9. The average molecular weight is 523 g/mol. The van der Waals surface area contributed by atoms with Gasteiger partial charge in [-0.25, -0.2) is 0 Å². The standard InChI is InChI=1S/C31H46N4O3/c36-28(34-17-19-35(20-18-34)29(37)30(38)15-16-30)24-11-9-23(10-12-24)25-13-14-31(27(21-25)32-22-33-31)26-7-5-3-1-2-4-6-8-26/h9-12,25-27,32-33,38H,1-8,13-22H2. The summed E-state index contributed by atoms with van der Waals surface area (Å²) in [5.74, 6) is 1.19. The molecule has 7 nitrogen and oxygen atoms in total. The number of rotatable bonds is 4. The number of amides is 2. The van der Waals surface area contributed by atoms with Crippen LogP contribution >= 0.6 is 0 Å². The summed E-state index contributed by atoms with van der Waals surface area (Å²) in [4.78, 5) is 29.1. The first kappa shape index (κ1) is 26.3. The number of carbonyl (C=O) groups is 2. The third-order valence-electron chi connectivity index (χ3n) is 10.5. The molecule has 3 N–H and O–H groups in total. The molecule has 6 rings (SSSR count). The highest BCUT2D eigenvalue weighted by molar-refractivity contribution is 5.94. The number of nitrogens with one attached hydrogen (secondary N) is 2. The molecule has 2 heterocycles. The van der Waals surface area contributed by atoms with E-state index in [9.17, 15) is 14.7 Å². The van der Waals surface area contributed by atoms with Crippen LogP contribution < -0.4 is 10.6 Å². The van der Waals surface area contributed by atoms with E-state index in [1.807, 2.05) is 17.0 Å². The Morgan fingerprint density at radius 2 is 1.45 bits per heavy atom. The van der Waals surface area contributed by atoms with Crippen LogP contribution in [-0.4, -0.2) is 76.8 Å². The van der Waals surface area contributed by atoms with Gasteiger partial charge >= 0.3 is 0 Å². The molecule has 3 aliphatic carbocycles. The van der Waals surface area contributed by atoms with Crippen molar-refractivity contribution in [2.45, 2.75) is 107 Å². The van der Waals surface area contributed by atoms with Crippen molar-refractivity contribution < 1.29 is 14.7 Å². The Hall–Kier alpha value is -1.96. The maximum absolute atomic E-state index is 13.2. The Bertz CT molecular complexity index is 991. The molecule has 0 aromatic heterocycles. The largest absolute Gasteiger partial charge is 0.380 e. The van der Waals surface area contributed by atoms with Crippen molar-refractivity contribution in [3.05, 3.63) is 35.4 Å². The predicted molar refractivity (Wildman–Crippen MR) is 148 cm³/mol. The maximum atomic E-state index is 13.2. The van der Waals surface area contributed by atoms with E-state index in [1.54, 1.807) is 4.90 Å². The van der Waals surface area contributed by atoms with Crippen molar-refractivity contribution in [2.75, 3.05) is 32.8 Å². The first-order chi connectivity index (χ1) is 18.5. The summed E-state index contributed by atoms with van der Waals surface area (Å²) in [5.41, 5.74) is 1.21. The molecule has 38 heavy (non-hydrogen) atoms. The Balaban J connectivity index is 1.05. The van der Waals surface area contributed by atoms with Crippen LogP contribution in [0.3, 0.4) is 0 Å². The predicted octanol–water partition coefficient (Wildman–Crippen LogP) is 3.77. The fourth-order valence-electron chi connectivity index (χ4n) is 7.92. The van der Waals surface area contributed by atoms with Gasteiger partial charge in [-0.05, 0) is 74.5 Å². The van der Waals surface area contributed by atoms with Gasteiger partial charge < -0.3 is 14.9 Å². The molecule has 5 aliphatic rings. The number of piperazine rings is 1. The smallest absolute Gasteiger partial charge is 0.254 e. The molecule has 7 heteroatoms. The monoisotopic (exact) mass is 522 g/mol. The van der Waals surface area contributed by atoms with Gasteiger partial charge in [0.1, 0.15) is 5.60 Å². The summed E-state index contributed by atoms with van der Waals surface area (Å²) >= 11 is 0. The molecule has 0 spiro atoms. The molecule has 0 bridgehead atoms. The summed E-state index contributed by atoms with van der Waals surface area (Å²) in [6, 6.07) is 8.89. The van der Waals surface area contributed by atoms with E-state index in [2.05, 4.69) is 22.8 Å². The molecule has 0 radical (unpaired) electrons. The minimum absolute atomic E-state index is 0.0401. The highest BCUT2D eigenvalue weighted by Crippen LogP contribution is 2.46. The molecule has 1 aromatic carbocycles. The van der Waals surface area contributed by atoms with Crippen LogP contribution in [0, 0.1) is 5.92 Å². The van der Waals surface area contributed by atoms with Crippen LogP contribution in [0.25, 0.3) is 0 Å². The lowest BCUT2D eigenvalue weighted by molar-refractivity contribution is -0.143. The average Bonchev–Trinajstić information content (AvgIpc) is 3.52. The van der Waals surface area contributed by atoms with E-state index in [0.717, 1.165) is 18.2 Å². The van der Waals surface area contributed by atoms with Crippen molar-refractivity contribution in [1.82, 2.24) is 20.4 Å². The molecule has 3 unspecified atom stereocenters. The first-order valence-electron chi connectivity index (χ1n) is 15.4. The van der Waals surface area contributed by atoms with E-state index in [0.29, 0.717) is 51.0 Å². The molecule has 208 valence electrons. The van der Waals surface area contributed by atoms with Crippen LogP contribution in [0.5, 0.6) is 0 Å². The molecule has 3 saturated carbocycles. The lowest BCUT2D eigenvalue weighted by Crippen LogP contribution is -2.57. The second kappa shape index (κ2) is 10.9. The van der Waals surface area contributed by atoms with Gasteiger partial charge in [-0.3, -0.25) is 20.2 Å². The fourth-order valence-corrected chi connectivity index (χ4v) is 7.92. The van der Waals surface area contributed by atoms with E-state index in [1.165, 1.54) is 76.2 Å². The summed E-state index contributed by atoms with van der Waals surface area (Å²) in [6.45, 7) is 2.97. The van der Waals surface area contributed by atoms with E-state index < -0.39 is 5.60 Å². The third-order valence-corrected chi connectivity index (χ3v) is 10.5. The highest BCUT2D eigenvalue weighted by Gasteiger charge is 2.51. The van der Waals surface area contributed by atoms with Gasteiger partial charge in [0, 0.05) is 50.0 Å². The molecule has 2 aliphatic heterocycles. The molecule has 2 saturated heterocycles. The molecule has 1 aromatic rings. The zero-order chi connectivity index (χ0) is 26.2. The van der Waals surface area contributed by atoms with Gasteiger partial charge in [0.2, 0.25) is 0 Å². The van der Waals surface area contributed by atoms with Crippen LogP contribution in [0.4, 0.5) is 0 Å². The van der Waals surface area contributed by atoms with Crippen molar-refractivity contribution in [2.24, 2.45) is 5.92 Å². The Kier molecular flexibility index (Phi) is 7.53. The first-order valence-corrected chi connectivity index (χ1v) is 15.4. The number of carbonyl (C=O) groups excluding carboxylic acids is 2. The highest BCUT2D eigenvalue weighted by atomic mass is 16.3. The summed E-state index contributed by atoms with van der Waals surface area (Å²) in [5, 5.41) is 17.9. The van der Waals surface area contributed by atoms with Crippen LogP contribution in [0.2, 0.25) is 0 Å². The number of hydrogen-bond acceptors (Lipinski definition) is 5. The number of hydrogen-bond donors (Lipinski definition) is 3. The normalized spacial score (nSPS) is 32.1. The molecular formula is C31H46N4O3. The molecule has 5 fully saturated rings. The third kappa shape index (κ3) is 5.14. The van der Waals surface area contributed by atoms with Gasteiger partial charge in [0.25, 0.3) is 11.8 Å². The van der Waals surface area contributed by atoms with Crippen LogP contribution in [0.15, 0.2) is 24.3 Å².